The van der Waals surface area contributed by atoms with Crippen LogP contribution >= 0.6 is 0 Å². The predicted molar refractivity (Wildman–Crippen MR) is 65.2 cm³/mol. The van der Waals surface area contributed by atoms with E-state index in [1.165, 1.54) is 12.1 Å². The standard InChI is InChI=1S/C12H10F4N4O/c13-10-3-7(11(17)19-21)1-2-8(10)5-20-6-9(4-18-20)12(14,15)16/h1-4,6,21H,5H2,(H2,17,19). The molecule has 0 radical (unpaired) electrons. The van der Waals surface area contributed by atoms with Crippen LogP contribution in [0.15, 0.2) is 35.7 Å². The van der Waals surface area contributed by atoms with Crippen LogP contribution in [0.5, 0.6) is 0 Å². The highest BCUT2D eigenvalue weighted by Crippen LogP contribution is 2.28. The van der Waals surface area contributed by atoms with Gasteiger partial charge in [-0.15, -0.1) is 0 Å². The summed E-state index contributed by atoms with van der Waals surface area (Å²) in [6.07, 6.45) is -3.04. The van der Waals surface area contributed by atoms with E-state index in [9.17, 15) is 17.6 Å². The number of hydrogen-bond donors (Lipinski definition) is 2. The lowest BCUT2D eigenvalue weighted by Gasteiger charge is -2.06. The molecule has 9 heteroatoms. The molecule has 0 saturated carbocycles. The predicted octanol–water partition coefficient (Wildman–Crippen LogP) is 2.18. The monoisotopic (exact) mass is 302 g/mol. The Morgan fingerprint density at radius 2 is 2.10 bits per heavy atom. The van der Waals surface area contributed by atoms with Gasteiger partial charge in [0.15, 0.2) is 5.84 Å². The fourth-order valence-corrected chi connectivity index (χ4v) is 1.66. The number of aromatic nitrogens is 2. The zero-order valence-corrected chi connectivity index (χ0v) is 10.5. The Bertz CT molecular complexity index is 678. The molecule has 0 aliphatic carbocycles. The summed E-state index contributed by atoms with van der Waals surface area (Å²) in [5.74, 6) is -0.956. The van der Waals surface area contributed by atoms with Crippen molar-refractivity contribution in [3.8, 4) is 0 Å². The molecular weight excluding hydrogens is 292 g/mol. The molecule has 0 spiro atoms. The number of amidine groups is 1. The minimum atomic E-state index is -4.49. The van der Waals surface area contributed by atoms with E-state index >= 15 is 0 Å². The summed E-state index contributed by atoms with van der Waals surface area (Å²) in [5.41, 5.74) is 4.69. The highest BCUT2D eigenvalue weighted by atomic mass is 19.4. The number of oxime groups is 1. The van der Waals surface area contributed by atoms with E-state index in [-0.39, 0.29) is 23.5 Å². The van der Waals surface area contributed by atoms with Gasteiger partial charge in [0.1, 0.15) is 5.82 Å². The van der Waals surface area contributed by atoms with Gasteiger partial charge in [0.2, 0.25) is 0 Å². The highest BCUT2D eigenvalue weighted by Gasteiger charge is 2.32. The van der Waals surface area contributed by atoms with E-state index in [0.717, 1.165) is 16.9 Å². The smallest absolute Gasteiger partial charge is 0.409 e. The van der Waals surface area contributed by atoms with Crippen LogP contribution in [-0.2, 0) is 12.7 Å². The van der Waals surface area contributed by atoms with Gasteiger partial charge in [-0.1, -0.05) is 17.3 Å². The lowest BCUT2D eigenvalue weighted by Crippen LogP contribution is -2.14. The minimum absolute atomic E-state index is 0.126. The third kappa shape index (κ3) is 3.30. The van der Waals surface area contributed by atoms with Gasteiger partial charge in [0.25, 0.3) is 0 Å². The number of hydrogen-bond acceptors (Lipinski definition) is 3. The Labute approximate surface area is 116 Å². The molecule has 0 bridgehead atoms. The molecule has 2 rings (SSSR count). The summed E-state index contributed by atoms with van der Waals surface area (Å²) in [5, 5.41) is 14.7. The van der Waals surface area contributed by atoms with E-state index in [1.807, 2.05) is 0 Å². The number of alkyl halides is 3. The summed E-state index contributed by atoms with van der Waals surface area (Å²) in [6.45, 7) is -0.168. The Morgan fingerprint density at radius 1 is 1.38 bits per heavy atom. The van der Waals surface area contributed by atoms with E-state index in [4.69, 9.17) is 10.9 Å². The maximum absolute atomic E-state index is 13.8. The minimum Gasteiger partial charge on any atom is -0.409 e. The number of rotatable bonds is 3. The van der Waals surface area contributed by atoms with Crippen molar-refractivity contribution in [1.82, 2.24) is 9.78 Å². The quantitative estimate of drug-likeness (QED) is 0.300. The molecular formula is C12H10F4N4O. The molecule has 0 aliphatic rings. The molecule has 2 aromatic rings. The first-order chi connectivity index (χ1) is 9.81. The topological polar surface area (TPSA) is 76.4 Å². The molecule has 112 valence electrons. The van der Waals surface area contributed by atoms with Crippen molar-refractivity contribution in [2.75, 3.05) is 0 Å². The molecule has 0 amide bonds. The van der Waals surface area contributed by atoms with Crippen molar-refractivity contribution in [1.29, 1.82) is 0 Å². The second-order valence-electron chi connectivity index (χ2n) is 4.22. The molecule has 1 aromatic heterocycles. The van der Waals surface area contributed by atoms with Crippen LogP contribution < -0.4 is 5.73 Å². The Morgan fingerprint density at radius 3 is 2.62 bits per heavy atom. The first kappa shape index (κ1) is 14.8. The van der Waals surface area contributed by atoms with Gasteiger partial charge >= 0.3 is 6.18 Å². The molecule has 0 atom stereocenters. The SMILES string of the molecule is NC(=NO)c1ccc(Cn2cc(C(F)(F)F)cn2)c(F)c1. The van der Waals surface area contributed by atoms with Gasteiger partial charge in [-0.05, 0) is 6.07 Å². The molecule has 5 nitrogen and oxygen atoms in total. The van der Waals surface area contributed by atoms with Crippen molar-refractivity contribution in [2.24, 2.45) is 10.9 Å². The molecule has 0 fully saturated rings. The van der Waals surface area contributed by atoms with Gasteiger partial charge < -0.3 is 10.9 Å². The van der Waals surface area contributed by atoms with Crippen molar-refractivity contribution < 1.29 is 22.8 Å². The molecule has 21 heavy (non-hydrogen) atoms. The first-order valence-corrected chi connectivity index (χ1v) is 5.67. The summed E-state index contributed by atoms with van der Waals surface area (Å²) in [4.78, 5) is 0. The molecule has 1 heterocycles. The fraction of sp³-hybridized carbons (Fsp3) is 0.167. The van der Waals surface area contributed by atoms with Crippen LogP contribution in [0.25, 0.3) is 0 Å². The summed E-state index contributed by atoms with van der Waals surface area (Å²) < 4.78 is 52.1. The van der Waals surface area contributed by atoms with Gasteiger partial charge in [0, 0.05) is 17.3 Å². The van der Waals surface area contributed by atoms with Crippen LogP contribution in [-0.4, -0.2) is 20.8 Å². The van der Waals surface area contributed by atoms with Crippen molar-refractivity contribution in [3.63, 3.8) is 0 Å². The second kappa shape index (κ2) is 5.43. The number of benzene rings is 1. The van der Waals surface area contributed by atoms with E-state index in [1.54, 1.807) is 0 Å². The normalized spacial score (nSPS) is 12.7. The summed E-state index contributed by atoms with van der Waals surface area (Å²) >= 11 is 0. The second-order valence-corrected chi connectivity index (χ2v) is 4.22. The molecule has 0 aliphatic heterocycles. The third-order valence-electron chi connectivity index (χ3n) is 2.75. The molecule has 1 aromatic carbocycles. The van der Waals surface area contributed by atoms with Gasteiger partial charge in [-0.2, -0.15) is 18.3 Å². The first-order valence-electron chi connectivity index (χ1n) is 5.67. The van der Waals surface area contributed by atoms with Crippen molar-refractivity contribution >= 4 is 5.84 Å². The average molecular weight is 302 g/mol. The van der Waals surface area contributed by atoms with E-state index < -0.39 is 17.6 Å². The van der Waals surface area contributed by atoms with Crippen LogP contribution in [0.4, 0.5) is 17.6 Å². The largest absolute Gasteiger partial charge is 0.419 e. The maximum atomic E-state index is 13.8. The Balaban J connectivity index is 2.22. The summed E-state index contributed by atoms with van der Waals surface area (Å²) in [6, 6.07) is 3.75. The van der Waals surface area contributed by atoms with Crippen LogP contribution in [0, 0.1) is 5.82 Å². The van der Waals surface area contributed by atoms with Crippen LogP contribution in [0.3, 0.4) is 0 Å². The number of halogens is 4. The fourth-order valence-electron chi connectivity index (χ4n) is 1.66. The Hall–Kier alpha value is -2.58. The summed E-state index contributed by atoms with van der Waals surface area (Å²) in [7, 11) is 0. The Kier molecular flexibility index (Phi) is 3.83. The van der Waals surface area contributed by atoms with E-state index in [0.29, 0.717) is 6.20 Å². The van der Waals surface area contributed by atoms with Gasteiger partial charge in [-0.25, -0.2) is 4.39 Å². The van der Waals surface area contributed by atoms with Crippen molar-refractivity contribution in [3.05, 3.63) is 53.1 Å². The zero-order valence-electron chi connectivity index (χ0n) is 10.5. The van der Waals surface area contributed by atoms with Crippen LogP contribution in [0.1, 0.15) is 16.7 Å². The van der Waals surface area contributed by atoms with Crippen LogP contribution in [0.2, 0.25) is 0 Å². The van der Waals surface area contributed by atoms with Crippen molar-refractivity contribution in [2.45, 2.75) is 12.7 Å². The highest BCUT2D eigenvalue weighted by molar-refractivity contribution is 5.97. The lowest BCUT2D eigenvalue weighted by molar-refractivity contribution is -0.137. The van der Waals surface area contributed by atoms with E-state index in [2.05, 4.69) is 10.3 Å². The van der Waals surface area contributed by atoms with Gasteiger partial charge in [-0.3, -0.25) is 4.68 Å². The molecule has 3 N–H and O–H groups in total. The third-order valence-corrected chi connectivity index (χ3v) is 2.75. The zero-order chi connectivity index (χ0) is 15.6. The lowest BCUT2D eigenvalue weighted by atomic mass is 10.1. The average Bonchev–Trinajstić information content (AvgIpc) is 2.88. The molecule has 0 unspecified atom stereocenters. The maximum Gasteiger partial charge on any atom is 0.419 e. The number of nitrogens with two attached hydrogens (primary N) is 1. The number of nitrogens with zero attached hydrogens (tertiary/aromatic N) is 3. The van der Waals surface area contributed by atoms with Gasteiger partial charge in [0.05, 0.1) is 18.3 Å². The molecule has 0 saturated heterocycles.